The van der Waals surface area contributed by atoms with Gasteiger partial charge < -0.3 is 9.84 Å². The van der Waals surface area contributed by atoms with Gasteiger partial charge in [0.05, 0.1) is 13.2 Å². The summed E-state index contributed by atoms with van der Waals surface area (Å²) in [6, 6.07) is 2.96. The Morgan fingerprint density at radius 1 is 1.50 bits per heavy atom. The van der Waals surface area contributed by atoms with Crippen LogP contribution in [0.3, 0.4) is 0 Å². The Bertz CT molecular complexity index is 321. The van der Waals surface area contributed by atoms with Crippen molar-refractivity contribution in [1.82, 2.24) is 0 Å². The van der Waals surface area contributed by atoms with Crippen molar-refractivity contribution in [2.45, 2.75) is 26.4 Å². The van der Waals surface area contributed by atoms with Crippen molar-refractivity contribution in [2.24, 2.45) is 0 Å². The number of ether oxygens (including phenoxy) is 1. The molecule has 1 unspecified atom stereocenters. The normalized spacial score (nSPS) is 12.6. The number of hydrogen-bond donors (Lipinski definition) is 1. The minimum absolute atomic E-state index is 0.288. The zero-order valence-corrected chi connectivity index (χ0v) is 8.67. The highest BCUT2D eigenvalue weighted by Crippen LogP contribution is 2.24. The van der Waals surface area contributed by atoms with E-state index in [1.807, 2.05) is 0 Å². The van der Waals surface area contributed by atoms with Crippen LogP contribution in [0, 0.1) is 12.7 Å². The maximum atomic E-state index is 13.4. The quantitative estimate of drug-likeness (QED) is 0.805. The first-order chi connectivity index (χ1) is 6.56. The van der Waals surface area contributed by atoms with Gasteiger partial charge in [0.25, 0.3) is 0 Å². The zero-order chi connectivity index (χ0) is 10.7. The Morgan fingerprint density at radius 3 is 2.64 bits per heavy atom. The van der Waals surface area contributed by atoms with Gasteiger partial charge >= 0.3 is 0 Å². The monoisotopic (exact) mass is 198 g/mol. The molecule has 0 fully saturated rings. The van der Waals surface area contributed by atoms with Crippen LogP contribution in [0.2, 0.25) is 0 Å². The van der Waals surface area contributed by atoms with Crippen molar-refractivity contribution in [3.05, 3.63) is 29.1 Å². The fraction of sp³-hybridized carbons (Fsp3) is 0.455. The summed E-state index contributed by atoms with van der Waals surface area (Å²) in [5, 5.41) is 9.21. The predicted octanol–water partition coefficient (Wildman–Crippen LogP) is 2.07. The number of hydrogen-bond acceptors (Lipinski definition) is 2. The van der Waals surface area contributed by atoms with Crippen molar-refractivity contribution in [1.29, 1.82) is 0 Å². The van der Waals surface area contributed by atoms with Crippen LogP contribution in [-0.4, -0.2) is 18.3 Å². The van der Waals surface area contributed by atoms with Crippen molar-refractivity contribution in [3.63, 3.8) is 0 Å². The molecule has 1 rings (SSSR count). The molecule has 0 saturated carbocycles. The Kier molecular flexibility index (Phi) is 3.47. The van der Waals surface area contributed by atoms with Crippen LogP contribution in [0.4, 0.5) is 4.39 Å². The second kappa shape index (κ2) is 4.42. The Morgan fingerprint density at radius 2 is 2.14 bits per heavy atom. The van der Waals surface area contributed by atoms with Gasteiger partial charge in [-0.2, -0.15) is 0 Å². The predicted molar refractivity (Wildman–Crippen MR) is 53.1 cm³/mol. The maximum Gasteiger partial charge on any atom is 0.127 e. The molecule has 0 bridgehead atoms. The van der Waals surface area contributed by atoms with E-state index in [1.54, 1.807) is 27.0 Å². The average molecular weight is 198 g/mol. The molecular weight excluding hydrogens is 183 g/mol. The molecule has 0 heterocycles. The van der Waals surface area contributed by atoms with E-state index in [0.29, 0.717) is 17.7 Å². The van der Waals surface area contributed by atoms with Crippen molar-refractivity contribution < 1.29 is 14.2 Å². The molecule has 3 heteroatoms. The lowest BCUT2D eigenvalue weighted by Gasteiger charge is -2.12. The third kappa shape index (κ3) is 2.23. The second-order valence-electron chi connectivity index (χ2n) is 3.41. The van der Waals surface area contributed by atoms with Crippen molar-refractivity contribution in [2.75, 3.05) is 7.11 Å². The van der Waals surface area contributed by atoms with Crippen LogP contribution in [0.5, 0.6) is 5.75 Å². The van der Waals surface area contributed by atoms with E-state index >= 15 is 0 Å². The third-order valence-electron chi connectivity index (χ3n) is 2.21. The Hall–Kier alpha value is -1.09. The van der Waals surface area contributed by atoms with Crippen molar-refractivity contribution >= 4 is 0 Å². The number of rotatable bonds is 3. The highest BCUT2D eigenvalue weighted by Gasteiger charge is 2.12. The van der Waals surface area contributed by atoms with Gasteiger partial charge in [-0.1, -0.05) is 0 Å². The molecule has 1 atom stereocenters. The summed E-state index contributed by atoms with van der Waals surface area (Å²) in [4.78, 5) is 0. The first kappa shape index (κ1) is 11.0. The molecule has 1 N–H and O–H groups in total. The SMILES string of the molecule is COc1ccc(F)c(CC(C)O)c1C. The minimum Gasteiger partial charge on any atom is -0.496 e. The highest BCUT2D eigenvalue weighted by molar-refractivity contribution is 5.40. The fourth-order valence-electron chi connectivity index (χ4n) is 1.47. The van der Waals surface area contributed by atoms with Gasteiger partial charge in [0, 0.05) is 6.42 Å². The lowest BCUT2D eigenvalue weighted by Crippen LogP contribution is -2.08. The van der Waals surface area contributed by atoms with Crippen LogP contribution in [0.1, 0.15) is 18.1 Å². The van der Waals surface area contributed by atoms with Crippen molar-refractivity contribution in [3.8, 4) is 5.75 Å². The largest absolute Gasteiger partial charge is 0.496 e. The van der Waals surface area contributed by atoms with E-state index < -0.39 is 6.10 Å². The van der Waals surface area contributed by atoms with E-state index in [9.17, 15) is 9.50 Å². The lowest BCUT2D eigenvalue weighted by molar-refractivity contribution is 0.193. The van der Waals surface area contributed by atoms with Gasteiger partial charge in [-0.05, 0) is 37.1 Å². The summed E-state index contributed by atoms with van der Waals surface area (Å²) in [6.45, 7) is 3.43. The van der Waals surface area contributed by atoms with Gasteiger partial charge in [-0.25, -0.2) is 4.39 Å². The Balaban J connectivity index is 3.11. The molecule has 0 aromatic heterocycles. The smallest absolute Gasteiger partial charge is 0.127 e. The summed E-state index contributed by atoms with van der Waals surface area (Å²) in [6.07, 6.45) is -0.232. The number of aliphatic hydroxyl groups excluding tert-OH is 1. The van der Waals surface area contributed by atoms with E-state index in [4.69, 9.17) is 4.74 Å². The summed E-state index contributed by atoms with van der Waals surface area (Å²) in [7, 11) is 1.55. The molecule has 0 spiro atoms. The molecule has 1 aromatic carbocycles. The molecular formula is C11H15FO2. The van der Waals surface area contributed by atoms with Gasteiger partial charge in [0.2, 0.25) is 0 Å². The molecule has 78 valence electrons. The van der Waals surface area contributed by atoms with E-state index in [-0.39, 0.29) is 5.82 Å². The molecule has 0 aliphatic carbocycles. The number of aliphatic hydroxyl groups is 1. The van der Waals surface area contributed by atoms with Crippen LogP contribution in [-0.2, 0) is 6.42 Å². The van der Waals surface area contributed by atoms with Gasteiger partial charge in [-0.15, -0.1) is 0 Å². The molecule has 0 aliphatic rings. The topological polar surface area (TPSA) is 29.5 Å². The number of methoxy groups -OCH3 is 1. The van der Waals surface area contributed by atoms with Crippen LogP contribution >= 0.6 is 0 Å². The molecule has 0 aliphatic heterocycles. The van der Waals surface area contributed by atoms with Crippen LogP contribution in [0.15, 0.2) is 12.1 Å². The molecule has 1 aromatic rings. The van der Waals surface area contributed by atoms with Gasteiger partial charge in [0.15, 0.2) is 0 Å². The second-order valence-corrected chi connectivity index (χ2v) is 3.41. The summed E-state index contributed by atoms with van der Waals surface area (Å²) in [5.41, 5.74) is 1.28. The molecule has 0 amide bonds. The third-order valence-corrected chi connectivity index (χ3v) is 2.21. The van der Waals surface area contributed by atoms with Crippen LogP contribution in [0.25, 0.3) is 0 Å². The average Bonchev–Trinajstić information content (AvgIpc) is 2.12. The summed E-state index contributed by atoms with van der Waals surface area (Å²) in [5.74, 6) is 0.367. The highest BCUT2D eigenvalue weighted by atomic mass is 19.1. The van der Waals surface area contributed by atoms with E-state index in [2.05, 4.69) is 0 Å². The van der Waals surface area contributed by atoms with Crippen LogP contribution < -0.4 is 4.74 Å². The lowest BCUT2D eigenvalue weighted by atomic mass is 10.0. The van der Waals surface area contributed by atoms with Gasteiger partial charge in [0.1, 0.15) is 11.6 Å². The maximum absolute atomic E-state index is 13.4. The van der Waals surface area contributed by atoms with E-state index in [1.165, 1.54) is 6.07 Å². The summed E-state index contributed by atoms with van der Waals surface area (Å²) < 4.78 is 18.4. The summed E-state index contributed by atoms with van der Waals surface area (Å²) >= 11 is 0. The van der Waals surface area contributed by atoms with Gasteiger partial charge in [-0.3, -0.25) is 0 Å². The molecule has 2 nitrogen and oxygen atoms in total. The molecule has 14 heavy (non-hydrogen) atoms. The minimum atomic E-state index is -0.546. The van der Waals surface area contributed by atoms with E-state index in [0.717, 1.165) is 5.56 Å². The Labute approximate surface area is 83.3 Å². The number of benzene rings is 1. The first-order valence-electron chi connectivity index (χ1n) is 4.56. The fourth-order valence-corrected chi connectivity index (χ4v) is 1.47. The standard InChI is InChI=1S/C11H15FO2/c1-7(13)6-9-8(2)11(14-3)5-4-10(9)12/h4-5,7,13H,6H2,1-3H3. The number of halogens is 1. The first-order valence-corrected chi connectivity index (χ1v) is 4.56. The molecule has 0 radical (unpaired) electrons. The zero-order valence-electron chi connectivity index (χ0n) is 8.67. The molecule has 0 saturated heterocycles.